The summed E-state index contributed by atoms with van der Waals surface area (Å²) in [5.41, 5.74) is 1.68. The van der Waals surface area contributed by atoms with Crippen LogP contribution in [0, 0.1) is 5.92 Å². The standard InChI is InChI=1S/C23H33N5O2/c1-5-25-23(27-14-13-26-22(29)20-7-6-12-24-15-20)28-18(4)19-8-10-21(11-9-19)30-16-17(2)3/h6-12,15,17-18H,5,13-14,16H2,1-4H3,(H,26,29)(H2,25,27,28). The van der Waals surface area contributed by atoms with E-state index in [1.165, 1.54) is 0 Å². The Morgan fingerprint density at radius 2 is 1.90 bits per heavy atom. The third-order valence-electron chi connectivity index (χ3n) is 4.25. The van der Waals surface area contributed by atoms with E-state index in [1.54, 1.807) is 24.5 Å². The van der Waals surface area contributed by atoms with E-state index >= 15 is 0 Å². The lowest BCUT2D eigenvalue weighted by molar-refractivity contribution is 0.0954. The first-order chi connectivity index (χ1) is 14.5. The van der Waals surface area contributed by atoms with Crippen LogP contribution in [0.3, 0.4) is 0 Å². The normalized spacial score (nSPS) is 12.4. The molecule has 7 heteroatoms. The number of amides is 1. The highest BCUT2D eigenvalue weighted by Gasteiger charge is 2.09. The highest BCUT2D eigenvalue weighted by atomic mass is 16.5. The molecule has 2 rings (SSSR count). The van der Waals surface area contributed by atoms with Gasteiger partial charge in [0.2, 0.25) is 0 Å². The smallest absolute Gasteiger partial charge is 0.252 e. The molecule has 0 bridgehead atoms. The van der Waals surface area contributed by atoms with Crippen molar-refractivity contribution in [2.45, 2.75) is 33.7 Å². The second-order valence-electron chi connectivity index (χ2n) is 7.40. The molecule has 0 spiro atoms. The van der Waals surface area contributed by atoms with E-state index in [0.29, 0.717) is 37.1 Å². The van der Waals surface area contributed by atoms with E-state index in [0.717, 1.165) is 17.9 Å². The van der Waals surface area contributed by atoms with Crippen molar-refractivity contribution in [3.63, 3.8) is 0 Å². The fourth-order valence-electron chi connectivity index (χ4n) is 2.66. The number of nitrogens with zero attached hydrogens (tertiary/aromatic N) is 2. The van der Waals surface area contributed by atoms with Gasteiger partial charge in [0, 0.05) is 25.5 Å². The monoisotopic (exact) mass is 411 g/mol. The highest BCUT2D eigenvalue weighted by Crippen LogP contribution is 2.18. The number of pyridine rings is 1. The Morgan fingerprint density at radius 1 is 1.13 bits per heavy atom. The van der Waals surface area contributed by atoms with Gasteiger partial charge in [-0.25, -0.2) is 0 Å². The van der Waals surface area contributed by atoms with Crippen molar-refractivity contribution in [1.82, 2.24) is 20.9 Å². The first kappa shape index (κ1) is 23.2. The summed E-state index contributed by atoms with van der Waals surface area (Å²) in [5, 5.41) is 9.49. The Kier molecular flexibility index (Phi) is 9.64. The topological polar surface area (TPSA) is 87.6 Å². The molecule has 0 aliphatic carbocycles. The average Bonchev–Trinajstić information content (AvgIpc) is 2.76. The molecule has 1 aromatic carbocycles. The van der Waals surface area contributed by atoms with Crippen LogP contribution in [0.1, 0.15) is 49.7 Å². The molecule has 162 valence electrons. The molecule has 0 saturated carbocycles. The van der Waals surface area contributed by atoms with Crippen LogP contribution in [-0.4, -0.2) is 43.1 Å². The molecule has 1 aromatic heterocycles. The minimum atomic E-state index is -0.149. The van der Waals surface area contributed by atoms with Crippen LogP contribution in [0.15, 0.2) is 53.8 Å². The Bertz CT molecular complexity index is 791. The molecule has 0 fully saturated rings. The van der Waals surface area contributed by atoms with Gasteiger partial charge in [-0.2, -0.15) is 0 Å². The first-order valence-electron chi connectivity index (χ1n) is 10.5. The van der Waals surface area contributed by atoms with E-state index < -0.39 is 0 Å². The van der Waals surface area contributed by atoms with Crippen molar-refractivity contribution in [2.24, 2.45) is 10.9 Å². The number of carbonyl (C=O) groups excluding carboxylic acids is 1. The molecule has 7 nitrogen and oxygen atoms in total. The Morgan fingerprint density at radius 3 is 2.53 bits per heavy atom. The van der Waals surface area contributed by atoms with Crippen molar-refractivity contribution in [2.75, 3.05) is 26.2 Å². The van der Waals surface area contributed by atoms with E-state index in [9.17, 15) is 4.79 Å². The summed E-state index contributed by atoms with van der Waals surface area (Å²) in [5.74, 6) is 1.94. The molecular weight excluding hydrogens is 378 g/mol. The maximum absolute atomic E-state index is 12.0. The first-order valence-corrected chi connectivity index (χ1v) is 10.5. The average molecular weight is 412 g/mol. The largest absolute Gasteiger partial charge is 0.493 e. The predicted octanol–water partition coefficient (Wildman–Crippen LogP) is 3.16. The van der Waals surface area contributed by atoms with Crippen LogP contribution in [0.5, 0.6) is 5.75 Å². The molecule has 0 aliphatic heterocycles. The lowest BCUT2D eigenvalue weighted by Crippen LogP contribution is -2.39. The number of benzene rings is 1. The fourth-order valence-corrected chi connectivity index (χ4v) is 2.66. The molecular formula is C23H33N5O2. The van der Waals surface area contributed by atoms with Gasteiger partial charge in [0.1, 0.15) is 5.75 Å². The molecule has 0 radical (unpaired) electrons. The summed E-state index contributed by atoms with van der Waals surface area (Å²) in [4.78, 5) is 20.6. The zero-order chi connectivity index (χ0) is 21.8. The van der Waals surface area contributed by atoms with Gasteiger partial charge >= 0.3 is 0 Å². The van der Waals surface area contributed by atoms with Gasteiger partial charge in [-0.15, -0.1) is 0 Å². The quantitative estimate of drug-likeness (QED) is 0.318. The number of hydrogen-bond acceptors (Lipinski definition) is 4. The zero-order valence-corrected chi connectivity index (χ0v) is 18.3. The lowest BCUT2D eigenvalue weighted by atomic mass is 10.1. The lowest BCUT2D eigenvalue weighted by Gasteiger charge is -2.19. The minimum absolute atomic E-state index is 0.0759. The molecule has 1 amide bonds. The number of ether oxygens (including phenoxy) is 1. The summed E-state index contributed by atoms with van der Waals surface area (Å²) < 4.78 is 5.74. The van der Waals surface area contributed by atoms with Gasteiger partial charge in [-0.05, 0) is 49.6 Å². The van der Waals surface area contributed by atoms with E-state index in [-0.39, 0.29) is 11.9 Å². The Balaban J connectivity index is 1.85. The molecule has 1 unspecified atom stereocenters. The van der Waals surface area contributed by atoms with Crippen LogP contribution < -0.4 is 20.7 Å². The van der Waals surface area contributed by atoms with Crippen molar-refractivity contribution in [3.05, 3.63) is 59.9 Å². The number of aromatic nitrogens is 1. The van der Waals surface area contributed by atoms with Crippen molar-refractivity contribution in [3.8, 4) is 5.75 Å². The SMILES string of the molecule is CCNC(=NCCNC(=O)c1cccnc1)NC(C)c1ccc(OCC(C)C)cc1. The molecule has 0 saturated heterocycles. The van der Waals surface area contributed by atoms with Crippen LogP contribution in [0.2, 0.25) is 0 Å². The third kappa shape index (κ3) is 8.11. The summed E-state index contributed by atoms with van der Waals surface area (Å²) >= 11 is 0. The zero-order valence-electron chi connectivity index (χ0n) is 18.3. The maximum atomic E-state index is 12.0. The molecule has 30 heavy (non-hydrogen) atoms. The number of hydrogen-bond donors (Lipinski definition) is 3. The van der Waals surface area contributed by atoms with Gasteiger partial charge in [0.25, 0.3) is 5.91 Å². The van der Waals surface area contributed by atoms with Gasteiger partial charge in [-0.3, -0.25) is 14.8 Å². The van der Waals surface area contributed by atoms with Gasteiger partial charge in [-0.1, -0.05) is 26.0 Å². The number of guanidine groups is 1. The molecule has 1 heterocycles. The van der Waals surface area contributed by atoms with Crippen molar-refractivity contribution < 1.29 is 9.53 Å². The summed E-state index contributed by atoms with van der Waals surface area (Å²) in [7, 11) is 0. The number of carbonyl (C=O) groups is 1. The summed E-state index contributed by atoms with van der Waals surface area (Å²) in [6, 6.07) is 11.7. The van der Waals surface area contributed by atoms with Gasteiger partial charge in [0.05, 0.1) is 24.8 Å². The minimum Gasteiger partial charge on any atom is -0.493 e. The van der Waals surface area contributed by atoms with E-state index in [1.807, 2.05) is 19.1 Å². The highest BCUT2D eigenvalue weighted by molar-refractivity contribution is 5.93. The van der Waals surface area contributed by atoms with Gasteiger partial charge in [0.15, 0.2) is 5.96 Å². The van der Waals surface area contributed by atoms with Gasteiger partial charge < -0.3 is 20.7 Å². The van der Waals surface area contributed by atoms with Crippen molar-refractivity contribution in [1.29, 1.82) is 0 Å². The number of nitrogens with one attached hydrogen (secondary N) is 3. The number of aliphatic imine (C=N–C) groups is 1. The number of rotatable bonds is 10. The van der Waals surface area contributed by atoms with Crippen molar-refractivity contribution >= 4 is 11.9 Å². The molecule has 2 aromatic rings. The fraction of sp³-hybridized carbons (Fsp3) is 0.435. The molecule has 0 aliphatic rings. The van der Waals surface area contributed by atoms with Crippen LogP contribution in [-0.2, 0) is 0 Å². The van der Waals surface area contributed by atoms with E-state index in [4.69, 9.17) is 4.74 Å². The second kappa shape index (κ2) is 12.5. The Hall–Kier alpha value is -3.09. The summed E-state index contributed by atoms with van der Waals surface area (Å²) in [6.07, 6.45) is 3.19. The Labute approximate surface area is 179 Å². The maximum Gasteiger partial charge on any atom is 0.252 e. The molecule has 1 atom stereocenters. The predicted molar refractivity (Wildman–Crippen MR) is 121 cm³/mol. The van der Waals surface area contributed by atoms with E-state index in [2.05, 4.69) is 58.8 Å². The van der Waals surface area contributed by atoms with Crippen LogP contribution in [0.4, 0.5) is 0 Å². The van der Waals surface area contributed by atoms with Crippen LogP contribution >= 0.6 is 0 Å². The van der Waals surface area contributed by atoms with Crippen LogP contribution in [0.25, 0.3) is 0 Å². The molecule has 3 N–H and O–H groups in total. The third-order valence-corrected chi connectivity index (χ3v) is 4.25. The summed E-state index contributed by atoms with van der Waals surface area (Å²) in [6.45, 7) is 10.7. The second-order valence-corrected chi connectivity index (χ2v) is 7.40.